The van der Waals surface area contributed by atoms with E-state index in [1.54, 1.807) is 4.68 Å². The van der Waals surface area contributed by atoms with Crippen LogP contribution in [0, 0.1) is 0 Å². The maximum atomic E-state index is 11.4. The van der Waals surface area contributed by atoms with Gasteiger partial charge in [-0.2, -0.15) is 0 Å². The molecule has 2 atom stereocenters. The lowest BCUT2D eigenvalue weighted by molar-refractivity contribution is -0.119. The number of nitrogens with zero attached hydrogens (tertiary/aromatic N) is 3. The third-order valence-electron chi connectivity index (χ3n) is 3.65. The van der Waals surface area contributed by atoms with Crippen molar-refractivity contribution in [2.24, 2.45) is 0 Å². The van der Waals surface area contributed by atoms with Crippen molar-refractivity contribution < 1.29 is 9.90 Å². The largest absolute Gasteiger partial charge is 0.390 e. The van der Waals surface area contributed by atoms with E-state index < -0.39 is 11.6 Å². The Balaban J connectivity index is 1.80. The summed E-state index contributed by atoms with van der Waals surface area (Å²) in [5.74, 6) is -0.129. The van der Waals surface area contributed by atoms with Gasteiger partial charge in [-0.1, -0.05) is 23.4 Å². The van der Waals surface area contributed by atoms with Gasteiger partial charge in [0.2, 0.25) is 5.91 Å². The van der Waals surface area contributed by atoms with E-state index >= 15 is 0 Å². The lowest BCUT2D eigenvalue weighted by Gasteiger charge is -2.26. The van der Waals surface area contributed by atoms with Gasteiger partial charge in [0.25, 0.3) is 0 Å². The number of carbonyl (C=O) groups is 1. The van der Waals surface area contributed by atoms with Crippen molar-refractivity contribution in [2.75, 3.05) is 0 Å². The summed E-state index contributed by atoms with van der Waals surface area (Å²) in [6.45, 7) is 1.82. The summed E-state index contributed by atoms with van der Waals surface area (Å²) in [6.07, 6.45) is 1.71. The second kappa shape index (κ2) is 4.72. The van der Waals surface area contributed by atoms with Crippen LogP contribution in [0.5, 0.6) is 0 Å². The van der Waals surface area contributed by atoms with Crippen molar-refractivity contribution in [1.29, 1.82) is 0 Å². The Morgan fingerprint density at radius 1 is 1.45 bits per heavy atom. The molecule has 0 saturated carbocycles. The summed E-state index contributed by atoms with van der Waals surface area (Å²) in [7, 11) is 0. The molecule has 0 radical (unpaired) electrons. The van der Waals surface area contributed by atoms with Gasteiger partial charge in [-0.3, -0.25) is 4.79 Å². The first kappa shape index (κ1) is 12.8. The van der Waals surface area contributed by atoms with Gasteiger partial charge in [0.1, 0.15) is 0 Å². The van der Waals surface area contributed by atoms with E-state index in [9.17, 15) is 9.90 Å². The van der Waals surface area contributed by atoms with Crippen molar-refractivity contribution in [3.05, 3.63) is 42.2 Å². The van der Waals surface area contributed by atoms with E-state index in [0.29, 0.717) is 6.42 Å². The molecule has 2 N–H and O–H groups in total. The summed E-state index contributed by atoms with van der Waals surface area (Å²) >= 11 is 0. The first-order chi connectivity index (χ1) is 9.57. The molecule has 20 heavy (non-hydrogen) atoms. The molecule has 1 aromatic carbocycles. The predicted molar refractivity (Wildman–Crippen MR) is 72.2 cm³/mol. The van der Waals surface area contributed by atoms with Gasteiger partial charge in [0.15, 0.2) is 0 Å². The molecular weight excluding hydrogens is 256 g/mol. The van der Waals surface area contributed by atoms with Gasteiger partial charge < -0.3 is 10.4 Å². The molecule has 1 fully saturated rings. The van der Waals surface area contributed by atoms with Crippen LogP contribution in [-0.4, -0.2) is 37.7 Å². The number of aromatic nitrogens is 3. The molecule has 1 amide bonds. The van der Waals surface area contributed by atoms with Crippen LogP contribution in [0.3, 0.4) is 0 Å². The minimum atomic E-state index is -0.697. The molecule has 6 nitrogen and oxygen atoms in total. The van der Waals surface area contributed by atoms with Gasteiger partial charge in [0, 0.05) is 6.42 Å². The van der Waals surface area contributed by atoms with Crippen LogP contribution in [-0.2, 0) is 11.2 Å². The maximum Gasteiger partial charge on any atom is 0.223 e. The normalized spacial score (nSPS) is 25.7. The second-order valence-electron chi connectivity index (χ2n) is 5.35. The van der Waals surface area contributed by atoms with E-state index in [-0.39, 0.29) is 12.3 Å². The molecule has 1 aromatic heterocycles. The Kier molecular flexibility index (Phi) is 3.02. The van der Waals surface area contributed by atoms with Crippen LogP contribution >= 0.6 is 0 Å². The number of carbonyl (C=O) groups excluding carboxylic acids is 1. The Hall–Kier alpha value is -2.21. The molecule has 1 aliphatic rings. The predicted octanol–water partition coefficient (Wildman–Crippen LogP) is 0.449. The van der Waals surface area contributed by atoms with Crippen LogP contribution in [0.4, 0.5) is 0 Å². The quantitative estimate of drug-likeness (QED) is 0.850. The number of nitrogens with one attached hydrogen (secondary N) is 1. The summed E-state index contributed by atoms with van der Waals surface area (Å²) in [5.41, 5.74) is 0.985. The highest BCUT2D eigenvalue weighted by Crippen LogP contribution is 2.24. The molecule has 0 spiro atoms. The zero-order valence-corrected chi connectivity index (χ0v) is 11.2. The summed E-state index contributed by atoms with van der Waals surface area (Å²) in [4.78, 5) is 11.4. The first-order valence-electron chi connectivity index (χ1n) is 6.52. The van der Waals surface area contributed by atoms with E-state index in [4.69, 9.17) is 0 Å². The van der Waals surface area contributed by atoms with Crippen molar-refractivity contribution in [3.63, 3.8) is 0 Å². The number of para-hydroxylation sites is 1. The fourth-order valence-corrected chi connectivity index (χ4v) is 2.48. The van der Waals surface area contributed by atoms with Crippen molar-refractivity contribution >= 4 is 5.91 Å². The molecule has 1 aliphatic heterocycles. The number of hydrogen-bond acceptors (Lipinski definition) is 4. The Labute approximate surface area is 116 Å². The third-order valence-corrected chi connectivity index (χ3v) is 3.65. The molecule has 0 unspecified atom stereocenters. The Morgan fingerprint density at radius 2 is 2.20 bits per heavy atom. The average molecular weight is 272 g/mol. The fraction of sp³-hybridized carbons (Fsp3) is 0.357. The highest BCUT2D eigenvalue weighted by Gasteiger charge is 2.42. The van der Waals surface area contributed by atoms with Crippen LogP contribution in [0.25, 0.3) is 5.69 Å². The van der Waals surface area contributed by atoms with Gasteiger partial charge in [0.05, 0.1) is 35.6 Å². The van der Waals surface area contributed by atoms with Crippen molar-refractivity contribution in [2.45, 2.75) is 31.4 Å². The molecule has 104 valence electrons. The van der Waals surface area contributed by atoms with Crippen LogP contribution in [0.1, 0.15) is 19.0 Å². The van der Waals surface area contributed by atoms with Crippen molar-refractivity contribution in [3.8, 4) is 5.69 Å². The SMILES string of the molecule is C[C@]1(Cc2cn(-c3ccccc3)nn2)NC(=O)C[C@@H]1O. The molecule has 3 rings (SSSR count). The van der Waals surface area contributed by atoms with E-state index in [2.05, 4.69) is 15.6 Å². The number of hydrogen-bond donors (Lipinski definition) is 2. The van der Waals surface area contributed by atoms with Gasteiger partial charge in [-0.25, -0.2) is 4.68 Å². The average Bonchev–Trinajstić information content (AvgIpc) is 2.96. The van der Waals surface area contributed by atoms with E-state index in [1.807, 2.05) is 43.5 Å². The first-order valence-corrected chi connectivity index (χ1v) is 6.52. The number of aliphatic hydroxyl groups excluding tert-OH is 1. The highest BCUT2D eigenvalue weighted by atomic mass is 16.3. The Bertz CT molecular complexity index is 625. The second-order valence-corrected chi connectivity index (χ2v) is 5.35. The topological polar surface area (TPSA) is 80.0 Å². The minimum absolute atomic E-state index is 0.129. The van der Waals surface area contributed by atoms with Gasteiger partial charge >= 0.3 is 0 Å². The number of benzene rings is 1. The standard InChI is InChI=1S/C14H16N4O2/c1-14(12(19)7-13(20)15-14)8-10-9-18(17-16-10)11-5-3-2-4-6-11/h2-6,9,12,19H,7-8H2,1H3,(H,15,20)/t12-,14+/m0/s1. The van der Waals surface area contributed by atoms with E-state index in [0.717, 1.165) is 11.4 Å². The summed E-state index contributed by atoms with van der Waals surface area (Å²) in [6, 6.07) is 9.67. The molecule has 2 aromatic rings. The summed E-state index contributed by atoms with van der Waals surface area (Å²) < 4.78 is 1.68. The molecular formula is C14H16N4O2. The van der Waals surface area contributed by atoms with Crippen molar-refractivity contribution in [1.82, 2.24) is 20.3 Å². The molecule has 0 aliphatic carbocycles. The van der Waals surface area contributed by atoms with Crippen LogP contribution in [0.15, 0.2) is 36.5 Å². The minimum Gasteiger partial charge on any atom is -0.390 e. The van der Waals surface area contributed by atoms with Gasteiger partial charge in [-0.15, -0.1) is 5.10 Å². The summed E-state index contributed by atoms with van der Waals surface area (Å²) in [5, 5.41) is 21.0. The molecule has 0 bridgehead atoms. The maximum absolute atomic E-state index is 11.4. The number of rotatable bonds is 3. The highest BCUT2D eigenvalue weighted by molar-refractivity contribution is 5.80. The Morgan fingerprint density at radius 3 is 2.85 bits per heavy atom. The van der Waals surface area contributed by atoms with Crippen LogP contribution in [0.2, 0.25) is 0 Å². The zero-order valence-electron chi connectivity index (χ0n) is 11.2. The molecule has 2 heterocycles. The van der Waals surface area contributed by atoms with E-state index in [1.165, 1.54) is 0 Å². The number of amides is 1. The molecule has 6 heteroatoms. The smallest absolute Gasteiger partial charge is 0.223 e. The molecule has 1 saturated heterocycles. The van der Waals surface area contributed by atoms with Gasteiger partial charge in [-0.05, 0) is 19.1 Å². The zero-order chi connectivity index (χ0) is 14.2. The third kappa shape index (κ3) is 2.30. The monoisotopic (exact) mass is 272 g/mol. The fourth-order valence-electron chi connectivity index (χ4n) is 2.48. The lowest BCUT2D eigenvalue weighted by Crippen LogP contribution is -2.47. The number of aliphatic hydroxyl groups is 1. The lowest BCUT2D eigenvalue weighted by atomic mass is 9.92. The van der Waals surface area contributed by atoms with Crippen LogP contribution < -0.4 is 5.32 Å².